The summed E-state index contributed by atoms with van der Waals surface area (Å²) in [7, 11) is -1.76. The molecule has 0 radical (unpaired) electrons. The minimum Gasteiger partial charge on any atom is -0.479 e. The Morgan fingerprint density at radius 1 is 0.759 bits per heavy atom. The van der Waals surface area contributed by atoms with Crippen LogP contribution in [0.25, 0.3) is 0 Å². The zero-order chi connectivity index (χ0) is 39.9. The van der Waals surface area contributed by atoms with Crippen LogP contribution in [0.4, 0.5) is 0 Å². The molecule has 296 valence electrons. The van der Waals surface area contributed by atoms with Crippen LogP contribution in [-0.4, -0.2) is 116 Å². The quantitative estimate of drug-likeness (QED) is 0.0962. The average molecular weight is 785 g/mol. The van der Waals surface area contributed by atoms with Gasteiger partial charge in [0.25, 0.3) is 5.91 Å². The van der Waals surface area contributed by atoms with Crippen molar-refractivity contribution in [3.63, 3.8) is 0 Å². The van der Waals surface area contributed by atoms with E-state index in [0.29, 0.717) is 25.0 Å². The first-order valence-corrected chi connectivity index (χ1v) is 15.9. The molecule has 1 amide bonds. The molecule has 7 N–H and O–H groups in total. The lowest BCUT2D eigenvalue weighted by Crippen LogP contribution is -2.32. The normalized spacial score (nSPS) is 15.4. The monoisotopic (exact) mass is 784 g/mol. The number of esters is 4. The number of carboxylic acid groups (broad SMARTS) is 2. The molecule has 2 unspecified atom stereocenters. The number of nitrogens with two attached hydrogens (primary N) is 1. The van der Waals surface area contributed by atoms with Crippen LogP contribution < -0.4 is 22.0 Å². The van der Waals surface area contributed by atoms with Crippen molar-refractivity contribution in [1.82, 2.24) is 5.32 Å². The van der Waals surface area contributed by atoms with Crippen LogP contribution in [0, 0.1) is 0 Å². The zero-order valence-electron chi connectivity index (χ0n) is 29.7. The van der Waals surface area contributed by atoms with Gasteiger partial charge in [0, 0.05) is 40.3 Å². The number of rotatable bonds is 9. The number of ether oxygens (including phenoxy) is 4. The number of carbonyl (C=O) groups is 7. The lowest BCUT2D eigenvalue weighted by molar-refractivity contribution is -0.153. The van der Waals surface area contributed by atoms with Gasteiger partial charge in [0.05, 0.1) is 18.8 Å². The molecular weight excluding hydrogens is 741 g/mol. The van der Waals surface area contributed by atoms with Crippen molar-refractivity contribution in [2.45, 2.75) is 45.8 Å². The summed E-state index contributed by atoms with van der Waals surface area (Å²) in [4.78, 5) is 70.9. The molecule has 2 aromatic carbocycles. The van der Waals surface area contributed by atoms with Crippen molar-refractivity contribution in [2.75, 3.05) is 39.5 Å². The summed E-state index contributed by atoms with van der Waals surface area (Å²) >= 11 is 0. The van der Waals surface area contributed by atoms with Crippen LogP contribution >= 0.6 is 12.4 Å². The van der Waals surface area contributed by atoms with E-state index >= 15 is 0 Å². The van der Waals surface area contributed by atoms with Crippen LogP contribution in [0.1, 0.15) is 56.9 Å². The topological polar surface area (TPSA) is 294 Å². The van der Waals surface area contributed by atoms with Gasteiger partial charge in [-0.2, -0.15) is 0 Å². The van der Waals surface area contributed by atoms with Crippen LogP contribution in [-0.2, 0) is 61.8 Å². The third-order valence-corrected chi connectivity index (χ3v) is 6.50. The summed E-state index contributed by atoms with van der Waals surface area (Å²) in [5.41, 5.74) is 8.88. The van der Waals surface area contributed by atoms with Crippen molar-refractivity contribution in [3.05, 3.63) is 59.7 Å². The Morgan fingerprint density at radius 2 is 1.19 bits per heavy atom. The van der Waals surface area contributed by atoms with Crippen molar-refractivity contribution in [3.8, 4) is 0 Å². The molecule has 0 saturated carbocycles. The van der Waals surface area contributed by atoms with E-state index in [1.807, 2.05) is 42.5 Å². The standard InChI is InChI=1S/C12H14BNO5.C8H10BNO2.2C4H6O4.C4H6O2.ClH/c1-8(15)18-7-12(16)14-6-11-9-4-2-3-5-10(9)13(17)19-11;10-5-8-6-3-1-2-4-7(6)9(11)12-8;2*1-3(5)8-2-4(6)7;5-4-2-1-3-6-4;/h2-5,11,17H,6-7H2,1H3,(H,14,16);1-4,8,11H,5,10H2;2*2H2,1H3,(H,6,7);1-3H2;1H. The van der Waals surface area contributed by atoms with E-state index in [1.54, 1.807) is 6.07 Å². The third-order valence-electron chi connectivity index (χ3n) is 6.50. The molecule has 0 spiro atoms. The van der Waals surface area contributed by atoms with Crippen LogP contribution in [0.15, 0.2) is 48.5 Å². The molecule has 0 aliphatic carbocycles. The highest BCUT2D eigenvalue weighted by atomic mass is 35.5. The molecule has 1 saturated heterocycles. The number of nitrogens with one attached hydrogen (secondary N) is 1. The SMILES string of the molecule is CC(=O)OCC(=O)NCC1OB(O)c2ccccc21.CC(=O)OCC(=O)O.CC(=O)OCC(=O)O.Cl.NCC1OB(O)c2ccccc21.O=C1CCCO1. The third kappa shape index (κ3) is 20.3. The summed E-state index contributed by atoms with van der Waals surface area (Å²) in [6, 6.07) is 14.9. The van der Waals surface area contributed by atoms with E-state index in [1.165, 1.54) is 6.92 Å². The van der Waals surface area contributed by atoms with Gasteiger partial charge in [0.1, 0.15) is 0 Å². The van der Waals surface area contributed by atoms with E-state index in [-0.39, 0.29) is 37.6 Å². The smallest absolute Gasteiger partial charge is 0.479 e. The molecule has 22 heteroatoms. The second kappa shape index (κ2) is 26.7. The van der Waals surface area contributed by atoms with Gasteiger partial charge in [0.2, 0.25) is 0 Å². The van der Waals surface area contributed by atoms with Crippen LogP contribution in [0.3, 0.4) is 0 Å². The highest BCUT2D eigenvalue weighted by Crippen LogP contribution is 2.22. The van der Waals surface area contributed by atoms with Gasteiger partial charge in [-0.3, -0.25) is 24.0 Å². The molecule has 19 nitrogen and oxygen atoms in total. The van der Waals surface area contributed by atoms with Gasteiger partial charge in [-0.15, -0.1) is 12.4 Å². The lowest BCUT2D eigenvalue weighted by Gasteiger charge is -2.13. The highest BCUT2D eigenvalue weighted by molar-refractivity contribution is 6.62. The Balaban J connectivity index is 0.000000694. The fourth-order valence-corrected chi connectivity index (χ4v) is 4.23. The Hall–Kier alpha value is -5.05. The van der Waals surface area contributed by atoms with Crippen molar-refractivity contribution >= 4 is 79.3 Å². The molecule has 3 aliphatic rings. The highest BCUT2D eigenvalue weighted by Gasteiger charge is 2.35. The molecule has 0 bridgehead atoms. The number of benzene rings is 2. The van der Waals surface area contributed by atoms with Gasteiger partial charge in [-0.25, -0.2) is 9.59 Å². The van der Waals surface area contributed by atoms with Crippen LogP contribution in [0.5, 0.6) is 0 Å². The molecule has 5 rings (SSSR count). The van der Waals surface area contributed by atoms with Gasteiger partial charge in [0.15, 0.2) is 19.8 Å². The Kier molecular flexibility index (Phi) is 24.2. The van der Waals surface area contributed by atoms with Crippen LogP contribution in [0.2, 0.25) is 0 Å². The summed E-state index contributed by atoms with van der Waals surface area (Å²) < 4.78 is 27.8. The predicted octanol–water partition coefficient (Wildman–Crippen LogP) is -1.46. The zero-order valence-corrected chi connectivity index (χ0v) is 30.5. The van der Waals surface area contributed by atoms with Gasteiger partial charge in [-0.1, -0.05) is 48.5 Å². The summed E-state index contributed by atoms with van der Waals surface area (Å²) in [5, 5.41) is 37.5. The maximum absolute atomic E-state index is 11.4. The number of cyclic esters (lactones) is 1. The molecule has 54 heavy (non-hydrogen) atoms. The van der Waals surface area contributed by atoms with E-state index < -0.39 is 69.3 Å². The predicted molar refractivity (Wildman–Crippen MR) is 190 cm³/mol. The molecule has 0 aromatic heterocycles. The number of hydrogen-bond donors (Lipinski definition) is 6. The summed E-state index contributed by atoms with van der Waals surface area (Å²) in [5.74, 6) is -4.39. The number of amides is 1. The number of aliphatic carboxylic acids is 2. The van der Waals surface area contributed by atoms with E-state index in [0.717, 1.165) is 36.9 Å². The van der Waals surface area contributed by atoms with Crippen molar-refractivity contribution in [1.29, 1.82) is 0 Å². The molecule has 2 aromatic rings. The molecule has 1 fully saturated rings. The van der Waals surface area contributed by atoms with Crippen molar-refractivity contribution in [2.24, 2.45) is 5.73 Å². The second-order valence-corrected chi connectivity index (χ2v) is 10.7. The average Bonchev–Trinajstić information content (AvgIpc) is 3.82. The van der Waals surface area contributed by atoms with Gasteiger partial charge in [-0.05, 0) is 28.5 Å². The minimum atomic E-state index is -1.14. The first-order valence-electron chi connectivity index (χ1n) is 15.9. The Morgan fingerprint density at radius 3 is 1.54 bits per heavy atom. The second-order valence-electron chi connectivity index (χ2n) is 10.7. The first kappa shape index (κ1) is 48.9. The molecule has 3 aliphatic heterocycles. The fourth-order valence-electron chi connectivity index (χ4n) is 4.23. The van der Waals surface area contributed by atoms with Crippen molar-refractivity contribution < 1.29 is 82.1 Å². The maximum atomic E-state index is 11.4. The summed E-state index contributed by atoms with van der Waals surface area (Å²) in [6.07, 6.45) is 1.00. The number of halogens is 1. The molecule has 3 heterocycles. The van der Waals surface area contributed by atoms with Gasteiger partial charge < -0.3 is 59.6 Å². The minimum absolute atomic E-state index is 0. The fraction of sp³-hybridized carbons (Fsp3) is 0.406. The maximum Gasteiger partial charge on any atom is 0.492 e. The lowest BCUT2D eigenvalue weighted by atomic mass is 9.79. The van der Waals surface area contributed by atoms with E-state index in [9.17, 15) is 43.6 Å². The number of fused-ring (bicyclic) bond motifs is 2. The number of carboxylic acids is 2. The Bertz CT molecular complexity index is 1490. The summed E-state index contributed by atoms with van der Waals surface area (Å²) in [6.45, 7) is 3.41. The van der Waals surface area contributed by atoms with Gasteiger partial charge >= 0.3 is 50.1 Å². The number of carbonyl (C=O) groups excluding carboxylic acids is 5. The molecule has 2 atom stereocenters. The largest absolute Gasteiger partial charge is 0.492 e. The van der Waals surface area contributed by atoms with E-state index in [2.05, 4.69) is 24.3 Å². The molecular formula is C32H43B2ClN2O17. The first-order chi connectivity index (χ1) is 25.0. The van der Waals surface area contributed by atoms with E-state index in [4.69, 9.17) is 25.3 Å². The Labute approximate surface area is 317 Å². The number of hydrogen-bond acceptors (Lipinski definition) is 16.